The van der Waals surface area contributed by atoms with Gasteiger partial charge in [0.15, 0.2) is 0 Å². The van der Waals surface area contributed by atoms with Crippen LogP contribution in [-0.2, 0) is 0 Å². The van der Waals surface area contributed by atoms with Crippen LogP contribution in [0.4, 0.5) is 0 Å². The van der Waals surface area contributed by atoms with Gasteiger partial charge < -0.3 is 10.0 Å². The first-order chi connectivity index (χ1) is 7.58. The van der Waals surface area contributed by atoms with E-state index in [2.05, 4.69) is 0 Å². The molecule has 1 aromatic rings. The maximum atomic E-state index is 12.1. The summed E-state index contributed by atoms with van der Waals surface area (Å²) in [5.41, 5.74) is 1.55. The minimum atomic E-state index is -0.395. The number of hydrogen-bond acceptors (Lipinski definition) is 2. The lowest BCUT2D eigenvalue weighted by Gasteiger charge is -2.16. The first kappa shape index (κ1) is 11.4. The van der Waals surface area contributed by atoms with Gasteiger partial charge in [-0.05, 0) is 31.0 Å². The number of aryl methyl sites for hydroxylation is 1. The van der Waals surface area contributed by atoms with Crippen LogP contribution in [-0.4, -0.2) is 35.1 Å². The van der Waals surface area contributed by atoms with Crippen LogP contribution < -0.4 is 0 Å². The molecule has 1 aliphatic rings. The number of amides is 1. The SMILES string of the molecule is Cc1ccc(C(=O)N2CC[C@@H](O)C2)c(Cl)c1. The van der Waals surface area contributed by atoms with E-state index < -0.39 is 6.10 Å². The van der Waals surface area contributed by atoms with E-state index in [0.29, 0.717) is 30.1 Å². The Bertz CT molecular complexity index is 419. The smallest absolute Gasteiger partial charge is 0.255 e. The summed E-state index contributed by atoms with van der Waals surface area (Å²) in [5, 5.41) is 9.86. The Labute approximate surface area is 99.6 Å². The van der Waals surface area contributed by atoms with E-state index in [4.69, 9.17) is 11.6 Å². The molecule has 0 aromatic heterocycles. The molecule has 0 radical (unpaired) electrons. The molecule has 1 amide bonds. The van der Waals surface area contributed by atoms with Gasteiger partial charge >= 0.3 is 0 Å². The van der Waals surface area contributed by atoms with Crippen molar-refractivity contribution in [2.45, 2.75) is 19.4 Å². The first-order valence-electron chi connectivity index (χ1n) is 5.31. The van der Waals surface area contributed by atoms with Gasteiger partial charge in [-0.1, -0.05) is 17.7 Å². The lowest BCUT2D eigenvalue weighted by Crippen LogP contribution is -2.29. The first-order valence-corrected chi connectivity index (χ1v) is 5.69. The van der Waals surface area contributed by atoms with Gasteiger partial charge in [0.2, 0.25) is 0 Å². The van der Waals surface area contributed by atoms with Crippen molar-refractivity contribution >= 4 is 17.5 Å². The van der Waals surface area contributed by atoms with Crippen LogP contribution in [0, 0.1) is 6.92 Å². The monoisotopic (exact) mass is 239 g/mol. The van der Waals surface area contributed by atoms with E-state index in [9.17, 15) is 9.90 Å². The zero-order chi connectivity index (χ0) is 11.7. The molecule has 0 spiro atoms. The summed E-state index contributed by atoms with van der Waals surface area (Å²) < 4.78 is 0. The third kappa shape index (κ3) is 2.20. The standard InChI is InChI=1S/C12H14ClNO2/c1-8-2-3-10(11(13)6-8)12(16)14-5-4-9(15)7-14/h2-3,6,9,15H,4-5,7H2,1H3/t9-/m1/s1. The minimum absolute atomic E-state index is 0.0958. The molecular formula is C12H14ClNO2. The van der Waals surface area contributed by atoms with Crippen LogP contribution in [0.1, 0.15) is 22.3 Å². The summed E-state index contributed by atoms with van der Waals surface area (Å²) >= 11 is 6.03. The van der Waals surface area contributed by atoms with Crippen molar-refractivity contribution in [2.24, 2.45) is 0 Å². The van der Waals surface area contributed by atoms with Gasteiger partial charge in [-0.25, -0.2) is 0 Å². The van der Waals surface area contributed by atoms with Gasteiger partial charge in [0, 0.05) is 13.1 Å². The van der Waals surface area contributed by atoms with E-state index in [0.717, 1.165) is 5.56 Å². The number of rotatable bonds is 1. The number of aliphatic hydroxyl groups excluding tert-OH is 1. The number of halogens is 1. The summed E-state index contributed by atoms with van der Waals surface area (Å²) in [4.78, 5) is 13.7. The van der Waals surface area contributed by atoms with Crippen LogP contribution >= 0.6 is 11.6 Å². The highest BCUT2D eigenvalue weighted by molar-refractivity contribution is 6.33. The highest BCUT2D eigenvalue weighted by Crippen LogP contribution is 2.21. The molecule has 1 heterocycles. The molecule has 1 N–H and O–H groups in total. The highest BCUT2D eigenvalue weighted by Gasteiger charge is 2.26. The summed E-state index contributed by atoms with van der Waals surface area (Å²) in [6.07, 6.45) is 0.253. The van der Waals surface area contributed by atoms with Crippen molar-refractivity contribution in [3.8, 4) is 0 Å². The van der Waals surface area contributed by atoms with Crippen molar-refractivity contribution in [1.82, 2.24) is 4.90 Å². The van der Waals surface area contributed by atoms with E-state index in [1.165, 1.54) is 0 Å². The molecule has 0 unspecified atom stereocenters. The van der Waals surface area contributed by atoms with Crippen LogP contribution in [0.2, 0.25) is 5.02 Å². The summed E-state index contributed by atoms with van der Waals surface area (Å²) in [7, 11) is 0. The Morgan fingerprint density at radius 3 is 2.88 bits per heavy atom. The summed E-state index contributed by atoms with van der Waals surface area (Å²) in [6, 6.07) is 5.39. The average molecular weight is 240 g/mol. The maximum Gasteiger partial charge on any atom is 0.255 e. The molecule has 1 atom stereocenters. The maximum absolute atomic E-state index is 12.1. The van der Waals surface area contributed by atoms with E-state index >= 15 is 0 Å². The molecule has 1 saturated heterocycles. The summed E-state index contributed by atoms with van der Waals surface area (Å²) in [6.45, 7) is 2.94. The van der Waals surface area contributed by atoms with Gasteiger partial charge in [-0.15, -0.1) is 0 Å². The Morgan fingerprint density at radius 1 is 1.56 bits per heavy atom. The average Bonchev–Trinajstić information content (AvgIpc) is 2.64. The van der Waals surface area contributed by atoms with Crippen molar-refractivity contribution in [3.05, 3.63) is 34.3 Å². The molecule has 0 bridgehead atoms. The zero-order valence-corrected chi connectivity index (χ0v) is 9.87. The number of nitrogens with zero attached hydrogens (tertiary/aromatic N) is 1. The van der Waals surface area contributed by atoms with Gasteiger partial charge in [0.25, 0.3) is 5.91 Å². The fraction of sp³-hybridized carbons (Fsp3) is 0.417. The van der Waals surface area contributed by atoms with Crippen LogP contribution in [0.15, 0.2) is 18.2 Å². The zero-order valence-electron chi connectivity index (χ0n) is 9.11. The normalized spacial score (nSPS) is 20.2. The van der Waals surface area contributed by atoms with Gasteiger partial charge in [-0.2, -0.15) is 0 Å². The van der Waals surface area contributed by atoms with Gasteiger partial charge in [0.05, 0.1) is 16.7 Å². The molecule has 16 heavy (non-hydrogen) atoms. The van der Waals surface area contributed by atoms with E-state index in [-0.39, 0.29) is 5.91 Å². The Balaban J connectivity index is 2.21. The molecule has 0 saturated carbocycles. The second-order valence-corrected chi connectivity index (χ2v) is 4.58. The van der Waals surface area contributed by atoms with Crippen LogP contribution in [0.25, 0.3) is 0 Å². The number of carbonyl (C=O) groups is 1. The predicted octanol–water partition coefficient (Wildman–Crippen LogP) is 1.86. The largest absolute Gasteiger partial charge is 0.391 e. The Kier molecular flexibility index (Phi) is 3.17. The highest BCUT2D eigenvalue weighted by atomic mass is 35.5. The summed E-state index contributed by atoms with van der Waals surface area (Å²) in [5.74, 6) is -0.0958. The molecule has 86 valence electrons. The Hall–Kier alpha value is -1.06. The second-order valence-electron chi connectivity index (χ2n) is 4.18. The molecule has 1 aromatic carbocycles. The predicted molar refractivity (Wildman–Crippen MR) is 62.7 cm³/mol. The van der Waals surface area contributed by atoms with E-state index in [1.807, 2.05) is 13.0 Å². The number of benzene rings is 1. The molecule has 1 fully saturated rings. The Morgan fingerprint density at radius 2 is 2.31 bits per heavy atom. The third-order valence-electron chi connectivity index (χ3n) is 2.81. The molecule has 4 heteroatoms. The second kappa shape index (κ2) is 4.44. The topological polar surface area (TPSA) is 40.5 Å². The number of aliphatic hydroxyl groups is 1. The van der Waals surface area contributed by atoms with Crippen molar-refractivity contribution in [3.63, 3.8) is 0 Å². The van der Waals surface area contributed by atoms with Crippen molar-refractivity contribution < 1.29 is 9.90 Å². The minimum Gasteiger partial charge on any atom is -0.391 e. The molecule has 2 rings (SSSR count). The van der Waals surface area contributed by atoms with Crippen molar-refractivity contribution in [1.29, 1.82) is 0 Å². The fourth-order valence-electron chi connectivity index (χ4n) is 1.89. The number of hydrogen-bond donors (Lipinski definition) is 1. The van der Waals surface area contributed by atoms with E-state index in [1.54, 1.807) is 17.0 Å². The lowest BCUT2D eigenvalue weighted by molar-refractivity contribution is 0.0765. The molecular weight excluding hydrogens is 226 g/mol. The quantitative estimate of drug-likeness (QED) is 0.813. The van der Waals surface area contributed by atoms with Gasteiger partial charge in [-0.3, -0.25) is 4.79 Å². The van der Waals surface area contributed by atoms with Crippen molar-refractivity contribution in [2.75, 3.05) is 13.1 Å². The number of likely N-dealkylation sites (tertiary alicyclic amines) is 1. The molecule has 3 nitrogen and oxygen atoms in total. The van der Waals surface area contributed by atoms with Crippen LogP contribution in [0.5, 0.6) is 0 Å². The molecule has 0 aliphatic carbocycles. The van der Waals surface area contributed by atoms with Crippen LogP contribution in [0.3, 0.4) is 0 Å². The third-order valence-corrected chi connectivity index (χ3v) is 3.12. The number of carbonyl (C=O) groups excluding carboxylic acids is 1. The fourth-order valence-corrected chi connectivity index (χ4v) is 2.21. The lowest BCUT2D eigenvalue weighted by atomic mass is 10.1. The van der Waals surface area contributed by atoms with Gasteiger partial charge in [0.1, 0.15) is 0 Å². The number of β-amino-alcohol motifs (C(OH)–C–C–N with tert-alkyl or cyclic N) is 1. The molecule has 1 aliphatic heterocycles.